The molecule has 0 aromatic heterocycles. The first kappa shape index (κ1) is 20.2. The van der Waals surface area contributed by atoms with E-state index in [9.17, 15) is 9.59 Å². The molecule has 0 radical (unpaired) electrons. The molecule has 0 fully saturated rings. The number of methoxy groups -OCH3 is 1. The van der Waals surface area contributed by atoms with Crippen molar-refractivity contribution in [2.24, 2.45) is 5.92 Å². The number of ether oxygens (including phenoxy) is 2. The Morgan fingerprint density at radius 2 is 1.77 bits per heavy atom. The predicted molar refractivity (Wildman–Crippen MR) is 103 cm³/mol. The summed E-state index contributed by atoms with van der Waals surface area (Å²) < 4.78 is 10.2. The third-order valence-corrected chi connectivity index (χ3v) is 4.56. The van der Waals surface area contributed by atoms with E-state index in [0.717, 1.165) is 31.2 Å². The zero-order valence-corrected chi connectivity index (χ0v) is 16.3. The molecule has 0 N–H and O–H groups in total. The summed E-state index contributed by atoms with van der Waals surface area (Å²) in [5, 5.41) is 0. The molecule has 0 spiro atoms. The lowest BCUT2D eigenvalue weighted by atomic mass is 9.94. The topological polar surface area (TPSA) is 52.6 Å². The molecule has 0 bridgehead atoms. The number of allylic oxidation sites excluding steroid dienone is 2. The van der Waals surface area contributed by atoms with Gasteiger partial charge in [-0.25, -0.2) is 0 Å². The molecular formula is C22H30O4. The highest BCUT2D eigenvalue weighted by atomic mass is 16.6. The number of carbonyl (C=O) groups is 2. The molecule has 0 saturated carbocycles. The average molecular weight is 358 g/mol. The SMILES string of the molecule is COC(=O)Cc1ccc(C2=CCCC(CC(=O)OC(C)(C)C)CC2)cc1. The van der Waals surface area contributed by atoms with Gasteiger partial charge >= 0.3 is 11.9 Å². The predicted octanol–water partition coefficient (Wildman–Crippen LogP) is 4.71. The van der Waals surface area contributed by atoms with Crippen molar-refractivity contribution in [3.8, 4) is 0 Å². The fraction of sp³-hybridized carbons (Fsp3) is 0.545. The lowest BCUT2D eigenvalue weighted by Gasteiger charge is -2.21. The second kappa shape index (κ2) is 9.02. The van der Waals surface area contributed by atoms with E-state index >= 15 is 0 Å². The van der Waals surface area contributed by atoms with Gasteiger partial charge in [0.15, 0.2) is 0 Å². The van der Waals surface area contributed by atoms with Crippen LogP contribution in [0.4, 0.5) is 0 Å². The van der Waals surface area contributed by atoms with E-state index in [-0.39, 0.29) is 11.9 Å². The molecule has 0 aliphatic heterocycles. The lowest BCUT2D eigenvalue weighted by Crippen LogP contribution is -2.25. The fourth-order valence-electron chi connectivity index (χ4n) is 3.26. The van der Waals surface area contributed by atoms with Crippen molar-refractivity contribution in [2.45, 2.75) is 64.9 Å². The van der Waals surface area contributed by atoms with E-state index < -0.39 is 5.60 Å². The molecule has 1 unspecified atom stereocenters. The summed E-state index contributed by atoms with van der Waals surface area (Å²) in [6, 6.07) is 8.10. The molecule has 1 aromatic rings. The van der Waals surface area contributed by atoms with Crippen LogP contribution in [0.3, 0.4) is 0 Å². The first-order valence-corrected chi connectivity index (χ1v) is 9.34. The third-order valence-electron chi connectivity index (χ3n) is 4.56. The normalized spacial score (nSPS) is 17.8. The van der Waals surface area contributed by atoms with Crippen LogP contribution in [0.25, 0.3) is 5.57 Å². The van der Waals surface area contributed by atoms with E-state index in [1.807, 2.05) is 32.9 Å². The minimum atomic E-state index is -0.419. The van der Waals surface area contributed by atoms with Crippen LogP contribution in [0.2, 0.25) is 0 Å². The van der Waals surface area contributed by atoms with Crippen LogP contribution < -0.4 is 0 Å². The van der Waals surface area contributed by atoms with E-state index in [2.05, 4.69) is 18.2 Å². The van der Waals surface area contributed by atoms with Gasteiger partial charge in [-0.1, -0.05) is 30.3 Å². The summed E-state index contributed by atoms with van der Waals surface area (Å²) >= 11 is 0. The Balaban J connectivity index is 1.90. The Morgan fingerprint density at radius 3 is 2.38 bits per heavy atom. The maximum atomic E-state index is 12.1. The molecule has 2 rings (SSSR count). The van der Waals surface area contributed by atoms with Gasteiger partial charge in [0.05, 0.1) is 13.5 Å². The third kappa shape index (κ3) is 6.66. The number of esters is 2. The van der Waals surface area contributed by atoms with Gasteiger partial charge in [0.2, 0.25) is 0 Å². The van der Waals surface area contributed by atoms with Crippen molar-refractivity contribution < 1.29 is 19.1 Å². The Hall–Kier alpha value is -2.10. The van der Waals surface area contributed by atoms with Crippen molar-refractivity contribution >= 4 is 17.5 Å². The summed E-state index contributed by atoms with van der Waals surface area (Å²) in [6.07, 6.45) is 7.03. The van der Waals surface area contributed by atoms with Crippen LogP contribution in [0.1, 0.15) is 64.0 Å². The van der Waals surface area contributed by atoms with Crippen LogP contribution in [0.15, 0.2) is 30.3 Å². The maximum Gasteiger partial charge on any atom is 0.309 e. The summed E-state index contributed by atoms with van der Waals surface area (Å²) in [4.78, 5) is 23.4. The van der Waals surface area contributed by atoms with Gasteiger partial charge in [-0.2, -0.15) is 0 Å². The molecule has 26 heavy (non-hydrogen) atoms. The minimum absolute atomic E-state index is 0.0990. The standard InChI is InChI=1S/C22H30O4/c1-22(2,3)26-21(24)15-16-6-5-7-18(11-8-16)19-12-9-17(10-13-19)14-20(23)25-4/h7,9-10,12-13,16H,5-6,8,11,14-15H2,1-4H3. The van der Waals surface area contributed by atoms with Gasteiger partial charge in [0.25, 0.3) is 0 Å². The van der Waals surface area contributed by atoms with Gasteiger partial charge in [-0.15, -0.1) is 0 Å². The van der Waals surface area contributed by atoms with Crippen molar-refractivity contribution in [3.63, 3.8) is 0 Å². The highest BCUT2D eigenvalue weighted by Crippen LogP contribution is 2.31. The largest absolute Gasteiger partial charge is 0.469 e. The van der Waals surface area contributed by atoms with E-state index in [4.69, 9.17) is 9.47 Å². The van der Waals surface area contributed by atoms with Gasteiger partial charge in [-0.3, -0.25) is 9.59 Å². The second-order valence-electron chi connectivity index (χ2n) is 7.95. The summed E-state index contributed by atoms with van der Waals surface area (Å²) in [7, 11) is 1.40. The van der Waals surface area contributed by atoms with Crippen LogP contribution in [0.5, 0.6) is 0 Å². The Labute approximate surface area is 156 Å². The zero-order chi connectivity index (χ0) is 19.2. The first-order chi connectivity index (χ1) is 12.3. The highest BCUT2D eigenvalue weighted by Gasteiger charge is 2.22. The van der Waals surface area contributed by atoms with Crippen LogP contribution in [-0.2, 0) is 25.5 Å². The lowest BCUT2D eigenvalue weighted by molar-refractivity contribution is -0.156. The number of carbonyl (C=O) groups excluding carboxylic acids is 2. The number of rotatable bonds is 5. The van der Waals surface area contributed by atoms with E-state index in [1.54, 1.807) is 0 Å². The summed E-state index contributed by atoms with van der Waals surface area (Å²) in [6.45, 7) is 5.71. The maximum absolute atomic E-state index is 12.1. The van der Waals surface area contributed by atoms with Gasteiger partial charge in [-0.05, 0) is 69.1 Å². The fourth-order valence-corrected chi connectivity index (χ4v) is 3.26. The molecule has 4 nitrogen and oxygen atoms in total. The van der Waals surface area contributed by atoms with E-state index in [0.29, 0.717) is 18.8 Å². The molecule has 0 amide bonds. The Kier molecular flexibility index (Phi) is 7.01. The molecule has 1 aliphatic carbocycles. The molecule has 0 saturated heterocycles. The molecule has 1 aliphatic rings. The van der Waals surface area contributed by atoms with Gasteiger partial charge < -0.3 is 9.47 Å². The van der Waals surface area contributed by atoms with Crippen LogP contribution in [-0.4, -0.2) is 24.6 Å². The van der Waals surface area contributed by atoms with Crippen molar-refractivity contribution in [1.82, 2.24) is 0 Å². The van der Waals surface area contributed by atoms with Crippen LogP contribution in [0, 0.1) is 5.92 Å². The van der Waals surface area contributed by atoms with Crippen molar-refractivity contribution in [3.05, 3.63) is 41.5 Å². The summed E-state index contributed by atoms with van der Waals surface area (Å²) in [5.41, 5.74) is 3.05. The first-order valence-electron chi connectivity index (χ1n) is 9.34. The summed E-state index contributed by atoms with van der Waals surface area (Å²) in [5.74, 6) is 0.0479. The quantitative estimate of drug-likeness (QED) is 0.716. The molecule has 4 heteroatoms. The van der Waals surface area contributed by atoms with Crippen LogP contribution >= 0.6 is 0 Å². The molecular weight excluding hydrogens is 328 g/mol. The number of hydrogen-bond acceptors (Lipinski definition) is 4. The molecule has 1 aromatic carbocycles. The minimum Gasteiger partial charge on any atom is -0.469 e. The van der Waals surface area contributed by atoms with Gasteiger partial charge in [0.1, 0.15) is 5.60 Å². The van der Waals surface area contributed by atoms with E-state index in [1.165, 1.54) is 18.2 Å². The number of benzene rings is 1. The van der Waals surface area contributed by atoms with Gasteiger partial charge in [0, 0.05) is 6.42 Å². The van der Waals surface area contributed by atoms with Crippen molar-refractivity contribution in [1.29, 1.82) is 0 Å². The molecule has 142 valence electrons. The second-order valence-corrected chi connectivity index (χ2v) is 7.95. The highest BCUT2D eigenvalue weighted by molar-refractivity contribution is 5.73. The Morgan fingerprint density at radius 1 is 1.08 bits per heavy atom. The zero-order valence-electron chi connectivity index (χ0n) is 16.3. The number of hydrogen-bond donors (Lipinski definition) is 0. The monoisotopic (exact) mass is 358 g/mol. The Bertz CT molecular complexity index is 650. The molecule has 1 atom stereocenters. The van der Waals surface area contributed by atoms with Crippen molar-refractivity contribution in [2.75, 3.05) is 7.11 Å². The average Bonchev–Trinajstić information content (AvgIpc) is 2.79. The molecule has 0 heterocycles. The smallest absolute Gasteiger partial charge is 0.309 e.